The van der Waals surface area contributed by atoms with Gasteiger partial charge < -0.3 is 4.90 Å². The highest BCUT2D eigenvalue weighted by Crippen LogP contribution is 2.37. The van der Waals surface area contributed by atoms with Crippen LogP contribution in [-0.4, -0.2) is 55.5 Å². The lowest BCUT2D eigenvalue weighted by atomic mass is 10.2. The van der Waals surface area contributed by atoms with E-state index in [0.717, 1.165) is 16.5 Å². The number of rotatable bonds is 5. The van der Waals surface area contributed by atoms with E-state index in [1.807, 2.05) is 13.0 Å². The number of unbranched alkanes of at least 4 members (excludes halogenated alkanes) is 1. The van der Waals surface area contributed by atoms with E-state index in [4.69, 9.17) is 23.2 Å². The minimum absolute atomic E-state index is 0.155. The molecule has 0 radical (unpaired) electrons. The standard InChI is InChI=1S/C17H20Cl2N2O3S2/c1-2-3-10-26(23,24)21-8-6-20(7-9-21)17(22)16-15(19)13-5-4-12(18)11-14(13)25-16/h4-5,11H,2-3,6-10H2,1H3. The first-order chi connectivity index (χ1) is 12.3. The Morgan fingerprint density at radius 2 is 1.88 bits per heavy atom. The van der Waals surface area contributed by atoms with Crippen LogP contribution in [0.5, 0.6) is 0 Å². The van der Waals surface area contributed by atoms with E-state index in [1.165, 1.54) is 15.6 Å². The fourth-order valence-corrected chi connectivity index (χ4v) is 6.33. The quantitative estimate of drug-likeness (QED) is 0.711. The number of hydrogen-bond acceptors (Lipinski definition) is 4. The van der Waals surface area contributed by atoms with Gasteiger partial charge in [-0.2, -0.15) is 4.31 Å². The van der Waals surface area contributed by atoms with Crippen molar-refractivity contribution in [2.75, 3.05) is 31.9 Å². The second-order valence-corrected chi connectivity index (χ2v) is 10.2. The number of carbonyl (C=O) groups is 1. The van der Waals surface area contributed by atoms with E-state index in [-0.39, 0.29) is 11.7 Å². The first-order valence-electron chi connectivity index (χ1n) is 8.48. The molecule has 1 aromatic carbocycles. The SMILES string of the molecule is CCCCS(=O)(=O)N1CCN(C(=O)c2sc3cc(Cl)ccc3c2Cl)CC1. The Kier molecular flexibility index (Phi) is 6.14. The molecule has 0 atom stereocenters. The van der Waals surface area contributed by atoms with Gasteiger partial charge >= 0.3 is 0 Å². The number of amides is 1. The Labute approximate surface area is 167 Å². The highest BCUT2D eigenvalue weighted by atomic mass is 35.5. The Morgan fingerprint density at radius 3 is 2.54 bits per heavy atom. The van der Waals surface area contributed by atoms with Gasteiger partial charge in [0.1, 0.15) is 4.88 Å². The molecule has 9 heteroatoms. The van der Waals surface area contributed by atoms with Crippen molar-refractivity contribution < 1.29 is 13.2 Å². The molecule has 0 aliphatic carbocycles. The van der Waals surface area contributed by atoms with Crippen LogP contribution in [0.15, 0.2) is 18.2 Å². The molecule has 1 fully saturated rings. The third-order valence-corrected chi connectivity index (χ3v) is 8.30. The zero-order valence-electron chi connectivity index (χ0n) is 14.4. The van der Waals surface area contributed by atoms with Crippen LogP contribution in [0.2, 0.25) is 10.0 Å². The fraction of sp³-hybridized carbons (Fsp3) is 0.471. The van der Waals surface area contributed by atoms with Gasteiger partial charge in [0, 0.05) is 41.3 Å². The Bertz CT molecular complexity index is 919. The number of sulfonamides is 1. The predicted molar refractivity (Wildman–Crippen MR) is 108 cm³/mol. The molecule has 5 nitrogen and oxygen atoms in total. The van der Waals surface area contributed by atoms with E-state index >= 15 is 0 Å². The van der Waals surface area contributed by atoms with Crippen LogP contribution in [0.3, 0.4) is 0 Å². The van der Waals surface area contributed by atoms with Crippen LogP contribution >= 0.6 is 34.5 Å². The minimum Gasteiger partial charge on any atom is -0.335 e. The molecule has 0 bridgehead atoms. The van der Waals surface area contributed by atoms with Gasteiger partial charge in [0.2, 0.25) is 10.0 Å². The lowest BCUT2D eigenvalue weighted by Crippen LogP contribution is -2.50. The number of benzene rings is 1. The van der Waals surface area contributed by atoms with Crippen molar-refractivity contribution in [3.05, 3.63) is 33.1 Å². The maximum Gasteiger partial charge on any atom is 0.265 e. The molecule has 2 aromatic rings. The van der Waals surface area contributed by atoms with E-state index in [0.29, 0.717) is 47.5 Å². The molecule has 1 amide bonds. The van der Waals surface area contributed by atoms with E-state index in [2.05, 4.69) is 0 Å². The van der Waals surface area contributed by atoms with Gasteiger partial charge in [0.15, 0.2) is 0 Å². The smallest absolute Gasteiger partial charge is 0.265 e. The van der Waals surface area contributed by atoms with Crippen LogP contribution in [0.4, 0.5) is 0 Å². The third-order valence-electron chi connectivity index (χ3n) is 4.46. The molecule has 0 unspecified atom stereocenters. The third kappa shape index (κ3) is 4.02. The first kappa shape index (κ1) is 19.9. The zero-order valence-corrected chi connectivity index (χ0v) is 17.5. The van der Waals surface area contributed by atoms with Gasteiger partial charge in [-0.1, -0.05) is 42.6 Å². The Morgan fingerprint density at radius 1 is 1.19 bits per heavy atom. The molecule has 3 rings (SSSR count). The van der Waals surface area contributed by atoms with Crippen LogP contribution < -0.4 is 0 Å². The van der Waals surface area contributed by atoms with Crippen molar-refractivity contribution in [1.29, 1.82) is 0 Å². The highest BCUT2D eigenvalue weighted by Gasteiger charge is 2.30. The maximum atomic E-state index is 12.9. The molecule has 26 heavy (non-hydrogen) atoms. The normalized spacial score (nSPS) is 16.3. The van der Waals surface area contributed by atoms with Gasteiger partial charge in [-0.3, -0.25) is 4.79 Å². The van der Waals surface area contributed by atoms with Crippen molar-refractivity contribution in [1.82, 2.24) is 9.21 Å². The van der Waals surface area contributed by atoms with Crippen LogP contribution in [-0.2, 0) is 10.0 Å². The van der Waals surface area contributed by atoms with Gasteiger partial charge in [0.25, 0.3) is 5.91 Å². The lowest BCUT2D eigenvalue weighted by molar-refractivity contribution is 0.0703. The summed E-state index contributed by atoms with van der Waals surface area (Å²) in [4.78, 5) is 15.0. The molecular formula is C17H20Cl2N2O3S2. The van der Waals surface area contributed by atoms with Crippen LogP contribution in [0, 0.1) is 0 Å². The van der Waals surface area contributed by atoms with E-state index < -0.39 is 10.0 Å². The summed E-state index contributed by atoms with van der Waals surface area (Å²) in [6.45, 7) is 3.36. The molecule has 0 saturated carbocycles. The van der Waals surface area contributed by atoms with Gasteiger partial charge in [-0.25, -0.2) is 8.42 Å². The first-order valence-corrected chi connectivity index (χ1v) is 11.7. The molecule has 1 aromatic heterocycles. The zero-order chi connectivity index (χ0) is 18.9. The van der Waals surface area contributed by atoms with Crippen molar-refractivity contribution in [2.45, 2.75) is 19.8 Å². The van der Waals surface area contributed by atoms with Crippen molar-refractivity contribution in [2.24, 2.45) is 0 Å². The summed E-state index contributed by atoms with van der Waals surface area (Å²) in [5.74, 6) is 0.0123. The number of carbonyl (C=O) groups excluding carboxylic acids is 1. The van der Waals surface area contributed by atoms with Crippen molar-refractivity contribution >= 4 is 60.6 Å². The molecule has 0 N–H and O–H groups in total. The maximum absolute atomic E-state index is 12.9. The summed E-state index contributed by atoms with van der Waals surface area (Å²) in [6.07, 6.45) is 1.49. The number of fused-ring (bicyclic) bond motifs is 1. The predicted octanol–water partition coefficient (Wildman–Crippen LogP) is 4.10. The average molecular weight is 435 g/mol. The van der Waals surface area contributed by atoms with Gasteiger partial charge in [0.05, 0.1) is 10.8 Å². The molecule has 1 saturated heterocycles. The molecule has 1 aliphatic heterocycles. The lowest BCUT2D eigenvalue weighted by Gasteiger charge is -2.33. The van der Waals surface area contributed by atoms with E-state index in [1.54, 1.807) is 17.0 Å². The molecule has 0 spiro atoms. The monoisotopic (exact) mass is 434 g/mol. The molecule has 2 heterocycles. The van der Waals surface area contributed by atoms with Gasteiger partial charge in [-0.15, -0.1) is 11.3 Å². The molecule has 142 valence electrons. The van der Waals surface area contributed by atoms with Crippen LogP contribution in [0.1, 0.15) is 29.4 Å². The Balaban J connectivity index is 1.72. The van der Waals surface area contributed by atoms with E-state index in [9.17, 15) is 13.2 Å². The summed E-state index contributed by atoms with van der Waals surface area (Å²) in [7, 11) is -3.24. The number of thiophene rings is 1. The number of halogens is 2. The second-order valence-electron chi connectivity index (χ2n) is 6.25. The van der Waals surface area contributed by atoms with Crippen LogP contribution in [0.25, 0.3) is 10.1 Å². The Hall–Kier alpha value is -0.860. The topological polar surface area (TPSA) is 57.7 Å². The minimum atomic E-state index is -3.24. The average Bonchev–Trinajstić information content (AvgIpc) is 2.95. The second kappa shape index (κ2) is 8.02. The number of nitrogens with zero attached hydrogens (tertiary/aromatic N) is 2. The molecule has 1 aliphatic rings. The number of piperazine rings is 1. The fourth-order valence-electron chi connectivity index (χ4n) is 2.95. The summed E-state index contributed by atoms with van der Waals surface area (Å²) >= 11 is 13.7. The van der Waals surface area contributed by atoms with Crippen molar-refractivity contribution in [3.8, 4) is 0 Å². The largest absolute Gasteiger partial charge is 0.335 e. The van der Waals surface area contributed by atoms with Gasteiger partial charge in [-0.05, 0) is 18.6 Å². The summed E-state index contributed by atoms with van der Waals surface area (Å²) in [5, 5.41) is 1.84. The highest BCUT2D eigenvalue weighted by molar-refractivity contribution is 7.89. The summed E-state index contributed by atoms with van der Waals surface area (Å²) in [6, 6.07) is 5.35. The van der Waals surface area contributed by atoms with Crippen molar-refractivity contribution in [3.63, 3.8) is 0 Å². The number of hydrogen-bond donors (Lipinski definition) is 0. The summed E-state index contributed by atoms with van der Waals surface area (Å²) < 4.78 is 26.9. The molecular weight excluding hydrogens is 415 g/mol. The summed E-state index contributed by atoms with van der Waals surface area (Å²) in [5.41, 5.74) is 0.